The van der Waals surface area contributed by atoms with Crippen LogP contribution in [0.5, 0.6) is 0 Å². The van der Waals surface area contributed by atoms with E-state index in [-0.39, 0.29) is 17.0 Å². The van der Waals surface area contributed by atoms with E-state index in [1.54, 1.807) is 0 Å². The van der Waals surface area contributed by atoms with Crippen LogP contribution in [0.1, 0.15) is 31.9 Å². The summed E-state index contributed by atoms with van der Waals surface area (Å²) in [5.74, 6) is 0.580. The van der Waals surface area contributed by atoms with Crippen LogP contribution in [0.3, 0.4) is 0 Å². The number of nitrogens with zero attached hydrogens (tertiary/aromatic N) is 1. The molecule has 0 amide bonds. The van der Waals surface area contributed by atoms with Crippen LogP contribution >= 0.6 is 0 Å². The SMILES string of the molecule is CC(C)(C)NCc1cccc(CN2CCS(=O)(=O)CC2)c1. The lowest BCUT2D eigenvalue weighted by molar-refractivity contribution is 0.287. The largest absolute Gasteiger partial charge is 0.308 e. The number of hydrogen-bond acceptors (Lipinski definition) is 4. The fourth-order valence-electron chi connectivity index (χ4n) is 2.37. The van der Waals surface area contributed by atoms with Gasteiger partial charge >= 0.3 is 0 Å². The second kappa shape index (κ2) is 6.46. The van der Waals surface area contributed by atoms with E-state index in [4.69, 9.17) is 0 Å². The van der Waals surface area contributed by atoms with Crippen LogP contribution < -0.4 is 5.32 Å². The summed E-state index contributed by atoms with van der Waals surface area (Å²) in [5.41, 5.74) is 2.63. The van der Waals surface area contributed by atoms with E-state index < -0.39 is 9.84 Å². The molecule has 2 rings (SSSR count). The van der Waals surface area contributed by atoms with Crippen LogP contribution in [0.2, 0.25) is 0 Å². The zero-order chi connectivity index (χ0) is 15.5. The molecular formula is C16H26N2O2S. The van der Waals surface area contributed by atoms with E-state index in [1.165, 1.54) is 11.1 Å². The van der Waals surface area contributed by atoms with Gasteiger partial charge in [0.15, 0.2) is 9.84 Å². The van der Waals surface area contributed by atoms with Crippen molar-refractivity contribution >= 4 is 9.84 Å². The Kier molecular flexibility index (Phi) is 5.07. The number of nitrogens with one attached hydrogen (secondary N) is 1. The van der Waals surface area contributed by atoms with Gasteiger partial charge in [-0.25, -0.2) is 8.42 Å². The predicted octanol–water partition coefficient (Wildman–Crippen LogP) is 1.81. The van der Waals surface area contributed by atoms with Crippen molar-refractivity contribution in [1.82, 2.24) is 10.2 Å². The Morgan fingerprint density at radius 1 is 1.14 bits per heavy atom. The standard InChI is InChI=1S/C16H26N2O2S/c1-16(2,3)17-12-14-5-4-6-15(11-14)13-18-7-9-21(19,20)10-8-18/h4-6,11,17H,7-10,12-13H2,1-3H3. The zero-order valence-corrected chi connectivity index (χ0v) is 14.0. The molecule has 1 aromatic rings. The Morgan fingerprint density at radius 2 is 1.76 bits per heavy atom. The molecule has 1 aliphatic heterocycles. The fourth-order valence-corrected chi connectivity index (χ4v) is 3.65. The Bertz CT molecular complexity index is 562. The van der Waals surface area contributed by atoms with E-state index in [2.05, 4.69) is 55.3 Å². The Balaban J connectivity index is 1.92. The minimum Gasteiger partial charge on any atom is -0.308 e. The third kappa shape index (κ3) is 5.77. The first-order valence-corrected chi connectivity index (χ1v) is 9.31. The lowest BCUT2D eigenvalue weighted by Crippen LogP contribution is -2.39. The van der Waals surface area contributed by atoms with Gasteiger partial charge in [-0.2, -0.15) is 0 Å². The minimum absolute atomic E-state index is 0.108. The van der Waals surface area contributed by atoms with Crippen LogP contribution in [0, 0.1) is 0 Å². The Morgan fingerprint density at radius 3 is 2.38 bits per heavy atom. The van der Waals surface area contributed by atoms with Crippen molar-refractivity contribution in [3.8, 4) is 0 Å². The molecule has 21 heavy (non-hydrogen) atoms. The molecule has 0 atom stereocenters. The molecule has 0 radical (unpaired) electrons. The summed E-state index contributed by atoms with van der Waals surface area (Å²) in [6, 6.07) is 8.53. The van der Waals surface area contributed by atoms with Crippen LogP contribution in [-0.2, 0) is 22.9 Å². The number of hydrogen-bond donors (Lipinski definition) is 1. The quantitative estimate of drug-likeness (QED) is 0.921. The maximum atomic E-state index is 11.4. The van der Waals surface area contributed by atoms with Gasteiger partial charge in [0.25, 0.3) is 0 Å². The predicted molar refractivity (Wildman–Crippen MR) is 87.0 cm³/mol. The maximum Gasteiger partial charge on any atom is 0.152 e. The maximum absolute atomic E-state index is 11.4. The molecule has 1 N–H and O–H groups in total. The molecule has 1 aliphatic rings. The molecule has 5 heteroatoms. The molecule has 0 saturated carbocycles. The van der Waals surface area contributed by atoms with Crippen molar-refractivity contribution in [2.75, 3.05) is 24.6 Å². The van der Waals surface area contributed by atoms with Gasteiger partial charge in [-0.05, 0) is 31.9 Å². The van der Waals surface area contributed by atoms with Crippen LogP contribution in [0.15, 0.2) is 24.3 Å². The van der Waals surface area contributed by atoms with E-state index in [0.29, 0.717) is 13.1 Å². The lowest BCUT2D eigenvalue weighted by atomic mass is 10.1. The highest BCUT2D eigenvalue weighted by molar-refractivity contribution is 7.91. The van der Waals surface area contributed by atoms with Crippen LogP contribution in [0.4, 0.5) is 0 Å². The third-order valence-corrected chi connectivity index (χ3v) is 5.27. The van der Waals surface area contributed by atoms with E-state index in [0.717, 1.165) is 13.1 Å². The van der Waals surface area contributed by atoms with Crippen LogP contribution in [-0.4, -0.2) is 43.5 Å². The van der Waals surface area contributed by atoms with E-state index >= 15 is 0 Å². The highest BCUT2D eigenvalue weighted by Gasteiger charge is 2.21. The van der Waals surface area contributed by atoms with Crippen molar-refractivity contribution in [2.45, 2.75) is 39.4 Å². The topological polar surface area (TPSA) is 49.4 Å². The first-order valence-electron chi connectivity index (χ1n) is 7.49. The van der Waals surface area contributed by atoms with Crippen molar-refractivity contribution in [3.05, 3.63) is 35.4 Å². The molecular weight excluding hydrogens is 284 g/mol. The van der Waals surface area contributed by atoms with Gasteiger partial charge in [0.2, 0.25) is 0 Å². The molecule has 0 unspecified atom stereocenters. The summed E-state index contributed by atoms with van der Waals surface area (Å²) in [5, 5.41) is 3.49. The summed E-state index contributed by atoms with van der Waals surface area (Å²) >= 11 is 0. The summed E-state index contributed by atoms with van der Waals surface area (Å²) in [6.07, 6.45) is 0. The van der Waals surface area contributed by atoms with Crippen molar-refractivity contribution in [2.24, 2.45) is 0 Å². The Labute approximate surface area is 128 Å². The lowest BCUT2D eigenvalue weighted by Gasteiger charge is -2.26. The molecule has 4 nitrogen and oxygen atoms in total. The first-order chi connectivity index (χ1) is 9.73. The molecule has 1 saturated heterocycles. The van der Waals surface area contributed by atoms with Gasteiger partial charge in [0, 0.05) is 31.7 Å². The van der Waals surface area contributed by atoms with Gasteiger partial charge < -0.3 is 5.32 Å². The summed E-state index contributed by atoms with van der Waals surface area (Å²) in [4.78, 5) is 2.22. The smallest absolute Gasteiger partial charge is 0.152 e. The molecule has 118 valence electrons. The summed E-state index contributed by atoms with van der Waals surface area (Å²) in [7, 11) is -2.79. The molecule has 0 aromatic heterocycles. The minimum atomic E-state index is -2.79. The molecule has 0 aliphatic carbocycles. The van der Waals surface area contributed by atoms with E-state index in [1.807, 2.05) is 0 Å². The molecule has 1 fully saturated rings. The molecule has 1 heterocycles. The molecule has 1 aromatic carbocycles. The average Bonchev–Trinajstić information content (AvgIpc) is 2.39. The number of sulfone groups is 1. The van der Waals surface area contributed by atoms with Gasteiger partial charge in [-0.15, -0.1) is 0 Å². The van der Waals surface area contributed by atoms with E-state index in [9.17, 15) is 8.42 Å². The number of benzene rings is 1. The van der Waals surface area contributed by atoms with Gasteiger partial charge in [0.05, 0.1) is 11.5 Å². The average molecular weight is 310 g/mol. The zero-order valence-electron chi connectivity index (χ0n) is 13.2. The third-order valence-electron chi connectivity index (χ3n) is 3.66. The van der Waals surface area contributed by atoms with Gasteiger partial charge in [-0.3, -0.25) is 4.90 Å². The first kappa shape index (κ1) is 16.5. The highest BCUT2D eigenvalue weighted by atomic mass is 32.2. The van der Waals surface area contributed by atoms with Crippen molar-refractivity contribution < 1.29 is 8.42 Å². The van der Waals surface area contributed by atoms with Crippen molar-refractivity contribution in [3.63, 3.8) is 0 Å². The normalized spacial score (nSPS) is 19.6. The van der Waals surface area contributed by atoms with Crippen LogP contribution in [0.25, 0.3) is 0 Å². The molecule has 0 bridgehead atoms. The molecule has 0 spiro atoms. The second-order valence-corrected chi connectivity index (χ2v) is 9.16. The Hall–Kier alpha value is -0.910. The summed E-state index contributed by atoms with van der Waals surface area (Å²) < 4.78 is 22.9. The van der Waals surface area contributed by atoms with Gasteiger partial charge in [-0.1, -0.05) is 24.3 Å². The number of rotatable bonds is 4. The second-order valence-electron chi connectivity index (χ2n) is 6.85. The monoisotopic (exact) mass is 310 g/mol. The van der Waals surface area contributed by atoms with Gasteiger partial charge in [0.1, 0.15) is 0 Å². The highest BCUT2D eigenvalue weighted by Crippen LogP contribution is 2.12. The van der Waals surface area contributed by atoms with Crippen molar-refractivity contribution in [1.29, 1.82) is 0 Å². The summed E-state index contributed by atoms with van der Waals surface area (Å²) in [6.45, 7) is 9.45. The fraction of sp³-hybridized carbons (Fsp3) is 0.625.